The minimum atomic E-state index is 0.702. The maximum atomic E-state index is 8.30. The maximum absolute atomic E-state index is 8.30. The number of nitriles is 1. The van der Waals surface area contributed by atoms with Crippen molar-refractivity contribution in [3.05, 3.63) is 29.3 Å². The molecule has 0 aromatic heterocycles. The second-order valence-corrected chi connectivity index (χ2v) is 2.57. The molecular formula is C11H9NO. The minimum Gasteiger partial charge on any atom is -0.495 e. The van der Waals surface area contributed by atoms with E-state index in [0.29, 0.717) is 5.75 Å². The summed E-state index contributed by atoms with van der Waals surface area (Å²) < 4.78 is 5.09. The van der Waals surface area contributed by atoms with E-state index in [-0.39, 0.29) is 0 Å². The molecular weight excluding hydrogens is 162 g/mol. The first-order valence-corrected chi connectivity index (χ1v) is 3.82. The molecule has 64 valence electrons. The Morgan fingerprint density at radius 1 is 1.38 bits per heavy atom. The Morgan fingerprint density at radius 2 is 2.15 bits per heavy atom. The molecule has 0 N–H and O–H groups in total. The number of benzene rings is 1. The zero-order valence-corrected chi connectivity index (χ0v) is 7.59. The predicted molar refractivity (Wildman–Crippen MR) is 50.2 cm³/mol. The summed E-state index contributed by atoms with van der Waals surface area (Å²) in [6.07, 6.45) is 0. The van der Waals surface area contributed by atoms with Gasteiger partial charge in [-0.05, 0) is 30.5 Å². The average molecular weight is 171 g/mol. The lowest BCUT2D eigenvalue weighted by molar-refractivity contribution is 0.413. The normalized spacial score (nSPS) is 8.08. The molecule has 1 rings (SSSR count). The average Bonchev–Trinajstić information content (AvgIpc) is 2.15. The molecule has 0 unspecified atom stereocenters. The van der Waals surface area contributed by atoms with Gasteiger partial charge in [0.05, 0.1) is 12.7 Å². The number of hydrogen-bond acceptors (Lipinski definition) is 2. The summed E-state index contributed by atoms with van der Waals surface area (Å²) in [5.41, 5.74) is 1.85. The van der Waals surface area contributed by atoms with Gasteiger partial charge in [-0.15, -0.1) is 0 Å². The van der Waals surface area contributed by atoms with E-state index in [1.165, 1.54) is 0 Å². The van der Waals surface area contributed by atoms with Crippen molar-refractivity contribution in [1.82, 2.24) is 0 Å². The molecule has 1 aromatic rings. The van der Waals surface area contributed by atoms with Gasteiger partial charge in [-0.1, -0.05) is 6.07 Å². The number of aryl methyl sites for hydroxylation is 1. The van der Waals surface area contributed by atoms with Crippen LogP contribution in [0.5, 0.6) is 5.75 Å². The summed E-state index contributed by atoms with van der Waals surface area (Å²) in [5, 5.41) is 8.30. The van der Waals surface area contributed by atoms with Crippen molar-refractivity contribution >= 4 is 0 Å². The number of rotatable bonds is 1. The number of methoxy groups -OCH3 is 1. The van der Waals surface area contributed by atoms with Crippen LogP contribution < -0.4 is 4.74 Å². The van der Waals surface area contributed by atoms with Crippen LogP contribution in [0.2, 0.25) is 0 Å². The smallest absolute Gasteiger partial charge is 0.152 e. The largest absolute Gasteiger partial charge is 0.495 e. The fourth-order valence-electron chi connectivity index (χ4n) is 1.01. The third kappa shape index (κ3) is 2.25. The fourth-order valence-corrected chi connectivity index (χ4v) is 1.01. The molecule has 0 fully saturated rings. The molecule has 0 aliphatic carbocycles. The van der Waals surface area contributed by atoms with Gasteiger partial charge >= 0.3 is 0 Å². The van der Waals surface area contributed by atoms with Gasteiger partial charge < -0.3 is 4.74 Å². The lowest BCUT2D eigenvalue weighted by Crippen LogP contribution is -1.88. The summed E-state index contributed by atoms with van der Waals surface area (Å²) in [7, 11) is 1.59. The fraction of sp³-hybridized carbons (Fsp3) is 0.182. The maximum Gasteiger partial charge on any atom is 0.152 e. The van der Waals surface area contributed by atoms with Crippen LogP contribution in [0.25, 0.3) is 0 Å². The highest BCUT2D eigenvalue weighted by molar-refractivity contribution is 5.49. The Bertz CT molecular complexity index is 404. The van der Waals surface area contributed by atoms with Crippen molar-refractivity contribution in [2.75, 3.05) is 7.11 Å². The third-order valence-electron chi connectivity index (χ3n) is 1.61. The van der Waals surface area contributed by atoms with E-state index < -0.39 is 0 Å². The van der Waals surface area contributed by atoms with Gasteiger partial charge in [0.2, 0.25) is 0 Å². The highest BCUT2D eigenvalue weighted by Gasteiger charge is 1.98. The van der Waals surface area contributed by atoms with Crippen LogP contribution >= 0.6 is 0 Å². The molecule has 0 radical (unpaired) electrons. The number of ether oxygens (including phenoxy) is 1. The molecule has 0 heterocycles. The molecule has 0 aliphatic heterocycles. The summed E-state index contributed by atoms with van der Waals surface area (Å²) in [4.78, 5) is 0. The van der Waals surface area contributed by atoms with Crippen LogP contribution in [0.1, 0.15) is 11.1 Å². The summed E-state index contributed by atoms with van der Waals surface area (Å²) in [6, 6.07) is 7.45. The second kappa shape index (κ2) is 4.18. The van der Waals surface area contributed by atoms with Gasteiger partial charge in [0.25, 0.3) is 0 Å². The van der Waals surface area contributed by atoms with Crippen molar-refractivity contribution in [3.8, 4) is 23.7 Å². The van der Waals surface area contributed by atoms with Crippen molar-refractivity contribution in [2.24, 2.45) is 0 Å². The highest BCUT2D eigenvalue weighted by Crippen LogP contribution is 2.17. The standard InChI is InChI=1S/C11H9NO/c1-9-5-6-11(13-2)10(8-9)4-3-7-12/h5-6,8H,1-2H3. The Kier molecular flexibility index (Phi) is 2.95. The highest BCUT2D eigenvalue weighted by atomic mass is 16.5. The van der Waals surface area contributed by atoms with Gasteiger partial charge in [-0.25, -0.2) is 0 Å². The first-order valence-electron chi connectivity index (χ1n) is 3.82. The quantitative estimate of drug-likeness (QED) is 0.604. The van der Waals surface area contributed by atoms with E-state index in [0.717, 1.165) is 11.1 Å². The molecule has 2 nitrogen and oxygen atoms in total. The zero-order chi connectivity index (χ0) is 9.68. The molecule has 0 saturated carbocycles. The van der Waals surface area contributed by atoms with E-state index in [9.17, 15) is 0 Å². The monoisotopic (exact) mass is 171 g/mol. The third-order valence-corrected chi connectivity index (χ3v) is 1.61. The lowest BCUT2D eigenvalue weighted by Gasteiger charge is -2.02. The van der Waals surface area contributed by atoms with E-state index in [1.807, 2.05) is 25.1 Å². The Labute approximate surface area is 77.8 Å². The molecule has 1 aromatic carbocycles. The van der Waals surface area contributed by atoms with Crippen molar-refractivity contribution in [3.63, 3.8) is 0 Å². The van der Waals surface area contributed by atoms with Crippen LogP contribution in [0.3, 0.4) is 0 Å². The number of nitrogens with zero attached hydrogens (tertiary/aromatic N) is 1. The molecule has 0 saturated heterocycles. The van der Waals surface area contributed by atoms with E-state index in [4.69, 9.17) is 10.00 Å². The molecule has 0 amide bonds. The first kappa shape index (κ1) is 9.16. The molecule has 13 heavy (non-hydrogen) atoms. The molecule has 2 heteroatoms. The Hall–Kier alpha value is -1.93. The lowest BCUT2D eigenvalue weighted by atomic mass is 10.1. The van der Waals surface area contributed by atoms with E-state index in [2.05, 4.69) is 11.8 Å². The Morgan fingerprint density at radius 3 is 2.77 bits per heavy atom. The van der Waals surface area contributed by atoms with E-state index >= 15 is 0 Å². The molecule has 0 atom stereocenters. The topological polar surface area (TPSA) is 33.0 Å². The van der Waals surface area contributed by atoms with Gasteiger partial charge in [0, 0.05) is 5.92 Å². The Balaban J connectivity index is 3.17. The van der Waals surface area contributed by atoms with Crippen molar-refractivity contribution in [1.29, 1.82) is 5.26 Å². The van der Waals surface area contributed by atoms with Crippen LogP contribution in [-0.2, 0) is 0 Å². The van der Waals surface area contributed by atoms with Gasteiger partial charge in [0.15, 0.2) is 6.07 Å². The van der Waals surface area contributed by atoms with Gasteiger partial charge in [-0.2, -0.15) is 5.26 Å². The van der Waals surface area contributed by atoms with Gasteiger partial charge in [-0.3, -0.25) is 0 Å². The summed E-state index contributed by atoms with van der Waals surface area (Å²) in [6.45, 7) is 1.97. The molecule has 0 bridgehead atoms. The second-order valence-electron chi connectivity index (χ2n) is 2.57. The van der Waals surface area contributed by atoms with Crippen LogP contribution in [-0.4, -0.2) is 7.11 Å². The van der Waals surface area contributed by atoms with Crippen LogP contribution in [0, 0.1) is 30.1 Å². The first-order chi connectivity index (χ1) is 6.27. The van der Waals surface area contributed by atoms with E-state index in [1.54, 1.807) is 13.2 Å². The molecule has 0 aliphatic rings. The molecule has 0 spiro atoms. The SMILES string of the molecule is COc1ccc(C)cc1C#CC#N. The zero-order valence-electron chi connectivity index (χ0n) is 7.59. The predicted octanol–water partition coefficient (Wildman–Crippen LogP) is 1.88. The minimum absolute atomic E-state index is 0.702. The summed E-state index contributed by atoms with van der Waals surface area (Å²) >= 11 is 0. The van der Waals surface area contributed by atoms with Crippen LogP contribution in [0.15, 0.2) is 18.2 Å². The van der Waals surface area contributed by atoms with Gasteiger partial charge in [0.1, 0.15) is 5.75 Å². The van der Waals surface area contributed by atoms with Crippen LogP contribution in [0.4, 0.5) is 0 Å². The number of hydrogen-bond donors (Lipinski definition) is 0. The van der Waals surface area contributed by atoms with Crippen molar-refractivity contribution < 1.29 is 4.74 Å². The summed E-state index contributed by atoms with van der Waals surface area (Å²) in [5.74, 6) is 5.76. The van der Waals surface area contributed by atoms with Crippen molar-refractivity contribution in [2.45, 2.75) is 6.92 Å².